The minimum Gasteiger partial charge on any atom is -0.289 e. The molecule has 1 nitrogen and oxygen atoms in total. The van der Waals surface area contributed by atoms with E-state index in [1.165, 1.54) is 37.7 Å². The van der Waals surface area contributed by atoms with Crippen molar-refractivity contribution in [3.8, 4) is 0 Å². The average molecular weight is 228 g/mol. The van der Waals surface area contributed by atoms with Gasteiger partial charge in [0.25, 0.3) is 0 Å². The number of hydrogen-bond donors (Lipinski definition) is 0. The molecule has 1 aliphatic rings. The quantitative estimate of drug-likeness (QED) is 0.550. The van der Waals surface area contributed by atoms with E-state index in [-0.39, 0.29) is 5.78 Å². The first kappa shape index (κ1) is 12.1. The zero-order valence-electron chi connectivity index (χ0n) is 10.5. The SMILES string of the molecule is C/C=C/C(=O)c1ccc(C2CCCCC2)cc1. The van der Waals surface area contributed by atoms with Crippen LogP contribution in [0.4, 0.5) is 0 Å². The number of carbonyl (C=O) groups excluding carboxylic acids is 1. The number of carbonyl (C=O) groups is 1. The molecule has 0 saturated heterocycles. The van der Waals surface area contributed by atoms with Crippen LogP contribution in [0.5, 0.6) is 0 Å². The van der Waals surface area contributed by atoms with E-state index in [0.29, 0.717) is 0 Å². The molecule has 0 unspecified atom stereocenters. The summed E-state index contributed by atoms with van der Waals surface area (Å²) < 4.78 is 0. The lowest BCUT2D eigenvalue weighted by molar-refractivity contribution is 0.104. The van der Waals surface area contributed by atoms with Gasteiger partial charge in [0.15, 0.2) is 5.78 Å². The summed E-state index contributed by atoms with van der Waals surface area (Å²) >= 11 is 0. The predicted molar refractivity (Wildman–Crippen MR) is 71.4 cm³/mol. The van der Waals surface area contributed by atoms with Gasteiger partial charge < -0.3 is 0 Å². The summed E-state index contributed by atoms with van der Waals surface area (Å²) in [5.41, 5.74) is 2.20. The van der Waals surface area contributed by atoms with Crippen molar-refractivity contribution in [2.75, 3.05) is 0 Å². The summed E-state index contributed by atoms with van der Waals surface area (Å²) in [6.45, 7) is 1.87. The zero-order valence-corrected chi connectivity index (χ0v) is 10.5. The Morgan fingerprint density at radius 2 is 1.76 bits per heavy atom. The first-order valence-electron chi connectivity index (χ1n) is 6.58. The second-order valence-electron chi connectivity index (χ2n) is 4.82. The molecular weight excluding hydrogens is 208 g/mol. The lowest BCUT2D eigenvalue weighted by Gasteiger charge is -2.21. The molecule has 1 aromatic carbocycles. The molecule has 1 aromatic rings. The number of allylic oxidation sites excluding steroid dienone is 2. The highest BCUT2D eigenvalue weighted by molar-refractivity contribution is 6.04. The van der Waals surface area contributed by atoms with E-state index in [1.54, 1.807) is 12.2 Å². The van der Waals surface area contributed by atoms with Gasteiger partial charge in [-0.15, -0.1) is 0 Å². The van der Waals surface area contributed by atoms with Crippen molar-refractivity contribution in [3.63, 3.8) is 0 Å². The molecule has 0 amide bonds. The summed E-state index contributed by atoms with van der Waals surface area (Å²) in [7, 11) is 0. The minimum atomic E-state index is 0.0997. The standard InChI is InChI=1S/C16H20O/c1-2-6-16(17)15-11-9-14(10-12-15)13-7-4-3-5-8-13/h2,6,9-13H,3-5,7-8H2,1H3/b6-2+. The summed E-state index contributed by atoms with van der Waals surface area (Å²) in [5.74, 6) is 0.817. The molecule has 90 valence electrons. The Morgan fingerprint density at radius 3 is 2.35 bits per heavy atom. The molecule has 0 heterocycles. The van der Waals surface area contributed by atoms with Crippen LogP contribution in [0.25, 0.3) is 0 Å². The number of ketones is 1. The number of benzene rings is 1. The van der Waals surface area contributed by atoms with E-state index in [9.17, 15) is 4.79 Å². The fourth-order valence-electron chi connectivity index (χ4n) is 2.60. The minimum absolute atomic E-state index is 0.0997. The molecule has 0 N–H and O–H groups in total. The second kappa shape index (κ2) is 5.81. The molecule has 0 aromatic heterocycles. The second-order valence-corrected chi connectivity index (χ2v) is 4.82. The van der Waals surface area contributed by atoms with Crippen molar-refractivity contribution in [3.05, 3.63) is 47.5 Å². The van der Waals surface area contributed by atoms with Gasteiger partial charge in [0.1, 0.15) is 0 Å². The van der Waals surface area contributed by atoms with Crippen LogP contribution in [0.2, 0.25) is 0 Å². The zero-order chi connectivity index (χ0) is 12.1. The average Bonchev–Trinajstić information content (AvgIpc) is 2.40. The Hall–Kier alpha value is -1.37. The van der Waals surface area contributed by atoms with Gasteiger partial charge in [-0.25, -0.2) is 0 Å². The van der Waals surface area contributed by atoms with E-state index in [2.05, 4.69) is 12.1 Å². The molecule has 1 aliphatic carbocycles. The molecule has 1 fully saturated rings. The van der Waals surface area contributed by atoms with Crippen molar-refractivity contribution in [2.24, 2.45) is 0 Å². The maximum absolute atomic E-state index is 11.6. The largest absolute Gasteiger partial charge is 0.289 e. The molecule has 0 radical (unpaired) electrons. The highest BCUT2D eigenvalue weighted by Crippen LogP contribution is 2.32. The highest BCUT2D eigenvalue weighted by atomic mass is 16.1. The van der Waals surface area contributed by atoms with Gasteiger partial charge in [0.2, 0.25) is 0 Å². The topological polar surface area (TPSA) is 17.1 Å². The van der Waals surface area contributed by atoms with E-state index in [4.69, 9.17) is 0 Å². The van der Waals surface area contributed by atoms with Crippen LogP contribution in [0.3, 0.4) is 0 Å². The van der Waals surface area contributed by atoms with E-state index in [0.717, 1.165) is 11.5 Å². The van der Waals surface area contributed by atoms with Crippen LogP contribution in [0.1, 0.15) is 60.9 Å². The van der Waals surface area contributed by atoms with E-state index < -0.39 is 0 Å². The molecule has 1 heteroatoms. The van der Waals surface area contributed by atoms with Gasteiger partial charge in [0.05, 0.1) is 0 Å². The molecule has 1 saturated carbocycles. The van der Waals surface area contributed by atoms with Crippen molar-refractivity contribution >= 4 is 5.78 Å². The molecule has 2 rings (SSSR count). The summed E-state index contributed by atoms with van der Waals surface area (Å²) in [6, 6.07) is 8.19. The van der Waals surface area contributed by atoms with Gasteiger partial charge in [-0.3, -0.25) is 4.79 Å². The molecule has 17 heavy (non-hydrogen) atoms. The Morgan fingerprint density at radius 1 is 1.12 bits per heavy atom. The van der Waals surface area contributed by atoms with Crippen LogP contribution in [0, 0.1) is 0 Å². The molecule has 0 spiro atoms. The smallest absolute Gasteiger partial charge is 0.185 e. The Balaban J connectivity index is 2.09. The predicted octanol–water partition coefficient (Wildman–Crippen LogP) is 4.49. The monoisotopic (exact) mass is 228 g/mol. The fourth-order valence-corrected chi connectivity index (χ4v) is 2.60. The van der Waals surface area contributed by atoms with Gasteiger partial charge in [-0.2, -0.15) is 0 Å². The van der Waals surface area contributed by atoms with E-state index in [1.807, 2.05) is 19.1 Å². The van der Waals surface area contributed by atoms with Gasteiger partial charge in [-0.1, -0.05) is 49.6 Å². The maximum Gasteiger partial charge on any atom is 0.185 e. The Kier molecular flexibility index (Phi) is 4.13. The lowest BCUT2D eigenvalue weighted by atomic mass is 9.84. The summed E-state index contributed by atoms with van der Waals surface area (Å²) in [6.07, 6.45) is 10.1. The maximum atomic E-state index is 11.6. The van der Waals surface area contributed by atoms with Crippen molar-refractivity contribution < 1.29 is 4.79 Å². The third-order valence-corrected chi connectivity index (χ3v) is 3.59. The first-order chi connectivity index (χ1) is 8.31. The van der Waals surface area contributed by atoms with Crippen molar-refractivity contribution in [2.45, 2.75) is 44.9 Å². The summed E-state index contributed by atoms with van der Waals surface area (Å²) in [5, 5.41) is 0. The third kappa shape index (κ3) is 3.06. The first-order valence-corrected chi connectivity index (χ1v) is 6.58. The van der Waals surface area contributed by atoms with Gasteiger partial charge in [-0.05, 0) is 37.3 Å². The normalized spacial score (nSPS) is 17.5. The number of rotatable bonds is 3. The Bertz CT molecular complexity index is 394. The highest BCUT2D eigenvalue weighted by Gasteiger charge is 2.15. The van der Waals surface area contributed by atoms with Crippen LogP contribution >= 0.6 is 0 Å². The lowest BCUT2D eigenvalue weighted by Crippen LogP contribution is -2.04. The Labute approximate surface area is 104 Å². The van der Waals surface area contributed by atoms with Crippen molar-refractivity contribution in [1.82, 2.24) is 0 Å². The third-order valence-electron chi connectivity index (χ3n) is 3.59. The van der Waals surface area contributed by atoms with E-state index >= 15 is 0 Å². The van der Waals surface area contributed by atoms with Gasteiger partial charge in [0, 0.05) is 5.56 Å². The fraction of sp³-hybridized carbons (Fsp3) is 0.438. The molecular formula is C16H20O. The van der Waals surface area contributed by atoms with Crippen LogP contribution in [-0.4, -0.2) is 5.78 Å². The molecule has 0 atom stereocenters. The van der Waals surface area contributed by atoms with Crippen LogP contribution < -0.4 is 0 Å². The number of hydrogen-bond acceptors (Lipinski definition) is 1. The summed E-state index contributed by atoms with van der Waals surface area (Å²) in [4.78, 5) is 11.6. The van der Waals surface area contributed by atoms with Gasteiger partial charge >= 0.3 is 0 Å². The molecule has 0 bridgehead atoms. The van der Waals surface area contributed by atoms with Crippen molar-refractivity contribution in [1.29, 1.82) is 0 Å². The molecule has 0 aliphatic heterocycles. The van der Waals surface area contributed by atoms with Crippen LogP contribution in [0.15, 0.2) is 36.4 Å². The van der Waals surface area contributed by atoms with Crippen LogP contribution in [-0.2, 0) is 0 Å².